The number of rotatable bonds is 9. The fourth-order valence-electron chi connectivity index (χ4n) is 4.50. The molecule has 0 fully saturated rings. The van der Waals surface area contributed by atoms with Crippen LogP contribution in [-0.2, 0) is 21.4 Å². The first-order valence-electron chi connectivity index (χ1n) is 12.8. The number of aryl methyl sites for hydroxylation is 1. The molecule has 40 heavy (non-hydrogen) atoms. The number of anilines is 1. The average Bonchev–Trinajstić information content (AvgIpc) is 3.63. The van der Waals surface area contributed by atoms with Gasteiger partial charge in [0.2, 0.25) is 5.91 Å². The molecule has 1 unspecified atom stereocenters. The van der Waals surface area contributed by atoms with Gasteiger partial charge in [-0.25, -0.2) is 13.4 Å². The van der Waals surface area contributed by atoms with Gasteiger partial charge in [0, 0.05) is 24.7 Å². The zero-order chi connectivity index (χ0) is 28.3. The Bertz CT molecular complexity index is 1640. The van der Waals surface area contributed by atoms with Gasteiger partial charge in [-0.05, 0) is 49.2 Å². The number of hydrogen-bond donors (Lipinski definition) is 2. The molecule has 0 spiro atoms. The zero-order valence-corrected chi connectivity index (χ0v) is 24.4. The van der Waals surface area contributed by atoms with E-state index in [-0.39, 0.29) is 23.3 Å². The molecule has 0 aliphatic carbocycles. The maximum atomic E-state index is 13.2. The molecule has 0 bridgehead atoms. The van der Waals surface area contributed by atoms with E-state index in [9.17, 15) is 13.2 Å². The standard InChI is InChI=1S/C30H29ClN4O3S2/c1-20-10-12-24(13-11-20)25-17-22(18-28(34-25)33-21(2)23-7-4-3-5-8-23)19-32-30(36)26-9-6-16-35(26)40(37,38)29-15-14-27(31)39-29/h3-15,17-18,21,26H,16,19H2,1-2H3,(H,32,36)(H,33,34)/t21?,26-/m0/s1. The Labute approximate surface area is 243 Å². The van der Waals surface area contributed by atoms with Gasteiger partial charge >= 0.3 is 0 Å². The fraction of sp³-hybridized carbons (Fsp3) is 0.200. The van der Waals surface area contributed by atoms with Crippen LogP contribution in [-0.4, -0.2) is 36.2 Å². The van der Waals surface area contributed by atoms with Crippen molar-refractivity contribution in [2.75, 3.05) is 11.9 Å². The van der Waals surface area contributed by atoms with Crippen molar-refractivity contribution in [2.24, 2.45) is 0 Å². The van der Waals surface area contributed by atoms with Crippen molar-refractivity contribution in [3.05, 3.63) is 112 Å². The van der Waals surface area contributed by atoms with Gasteiger partial charge in [0.25, 0.3) is 10.0 Å². The average molecular weight is 593 g/mol. The summed E-state index contributed by atoms with van der Waals surface area (Å²) in [5.41, 5.74) is 4.84. The minimum Gasteiger partial charge on any atom is -0.364 e. The molecular formula is C30H29ClN4O3S2. The van der Waals surface area contributed by atoms with Crippen LogP contribution >= 0.6 is 22.9 Å². The number of benzene rings is 2. The number of sulfonamides is 1. The van der Waals surface area contributed by atoms with E-state index in [1.165, 1.54) is 16.4 Å². The van der Waals surface area contributed by atoms with Crippen LogP contribution in [0.2, 0.25) is 4.34 Å². The molecule has 10 heteroatoms. The van der Waals surface area contributed by atoms with Crippen molar-refractivity contribution in [3.8, 4) is 11.3 Å². The smallest absolute Gasteiger partial charge is 0.253 e. The lowest BCUT2D eigenvalue weighted by Crippen LogP contribution is -2.45. The number of halogens is 1. The molecule has 2 N–H and O–H groups in total. The number of carbonyl (C=O) groups excluding carboxylic acids is 1. The highest BCUT2D eigenvalue weighted by Crippen LogP contribution is 2.31. The molecule has 1 aliphatic rings. The lowest BCUT2D eigenvalue weighted by atomic mass is 10.1. The van der Waals surface area contributed by atoms with Crippen LogP contribution in [0, 0.1) is 6.92 Å². The van der Waals surface area contributed by atoms with Gasteiger partial charge in [0.1, 0.15) is 16.1 Å². The Morgan fingerprint density at radius 1 is 1.10 bits per heavy atom. The zero-order valence-electron chi connectivity index (χ0n) is 22.0. The van der Waals surface area contributed by atoms with Crippen molar-refractivity contribution in [1.29, 1.82) is 0 Å². The molecule has 3 heterocycles. The first-order valence-corrected chi connectivity index (χ1v) is 15.5. The lowest BCUT2D eigenvalue weighted by Gasteiger charge is -2.22. The van der Waals surface area contributed by atoms with Crippen molar-refractivity contribution in [2.45, 2.75) is 36.7 Å². The second-order valence-corrected chi connectivity index (χ2v) is 13.4. The van der Waals surface area contributed by atoms with E-state index in [1.807, 2.05) is 61.5 Å². The van der Waals surface area contributed by atoms with E-state index in [1.54, 1.807) is 12.2 Å². The van der Waals surface area contributed by atoms with E-state index in [0.29, 0.717) is 10.2 Å². The Balaban J connectivity index is 1.36. The summed E-state index contributed by atoms with van der Waals surface area (Å²) in [6, 6.07) is 24.1. The Morgan fingerprint density at radius 2 is 1.85 bits per heavy atom. The van der Waals surface area contributed by atoms with Crippen LogP contribution in [0.1, 0.15) is 29.7 Å². The van der Waals surface area contributed by atoms with Crippen molar-refractivity contribution in [1.82, 2.24) is 14.6 Å². The molecule has 1 amide bonds. The van der Waals surface area contributed by atoms with Crippen LogP contribution in [0.5, 0.6) is 0 Å². The van der Waals surface area contributed by atoms with E-state index in [0.717, 1.165) is 39.3 Å². The second kappa shape index (κ2) is 11.9. The Morgan fingerprint density at radius 3 is 2.55 bits per heavy atom. The molecule has 7 nitrogen and oxygen atoms in total. The van der Waals surface area contributed by atoms with Crippen molar-refractivity contribution < 1.29 is 13.2 Å². The van der Waals surface area contributed by atoms with E-state index in [4.69, 9.17) is 16.6 Å². The first-order chi connectivity index (χ1) is 19.2. The largest absolute Gasteiger partial charge is 0.364 e. The number of nitrogens with one attached hydrogen (secondary N) is 2. The fourth-order valence-corrected chi connectivity index (χ4v) is 7.61. The summed E-state index contributed by atoms with van der Waals surface area (Å²) in [4.78, 5) is 18.1. The minimum absolute atomic E-state index is 0.0116. The highest BCUT2D eigenvalue weighted by Gasteiger charge is 2.37. The van der Waals surface area contributed by atoms with Crippen LogP contribution in [0.15, 0.2) is 95.2 Å². The number of aromatic nitrogens is 1. The van der Waals surface area contributed by atoms with E-state index in [2.05, 4.69) is 29.7 Å². The summed E-state index contributed by atoms with van der Waals surface area (Å²) >= 11 is 6.94. The molecular weight excluding hydrogens is 564 g/mol. The van der Waals surface area contributed by atoms with Gasteiger partial charge in [-0.1, -0.05) is 83.9 Å². The summed E-state index contributed by atoms with van der Waals surface area (Å²) in [6.45, 7) is 4.43. The summed E-state index contributed by atoms with van der Waals surface area (Å²) in [6.07, 6.45) is 3.30. The number of nitrogens with zero attached hydrogens (tertiary/aromatic N) is 2. The molecule has 4 aromatic rings. The van der Waals surface area contributed by atoms with Crippen molar-refractivity contribution >= 4 is 44.7 Å². The molecule has 0 saturated carbocycles. The molecule has 2 atom stereocenters. The van der Waals surface area contributed by atoms with Gasteiger partial charge in [-0.3, -0.25) is 4.79 Å². The predicted octanol–water partition coefficient (Wildman–Crippen LogP) is 6.19. The topological polar surface area (TPSA) is 91.4 Å². The van der Waals surface area contributed by atoms with Crippen LogP contribution in [0.4, 0.5) is 5.82 Å². The highest BCUT2D eigenvalue weighted by molar-refractivity contribution is 7.91. The van der Waals surface area contributed by atoms with Gasteiger partial charge in [-0.2, -0.15) is 4.31 Å². The summed E-state index contributed by atoms with van der Waals surface area (Å²) in [7, 11) is -3.86. The minimum atomic E-state index is -3.86. The number of amides is 1. The number of pyridine rings is 1. The second-order valence-electron chi connectivity index (χ2n) is 9.61. The normalized spacial score (nSPS) is 16.1. The summed E-state index contributed by atoms with van der Waals surface area (Å²) < 4.78 is 28.0. The third-order valence-corrected chi connectivity index (χ3v) is 10.2. The number of thiophene rings is 1. The quantitative estimate of drug-likeness (QED) is 0.226. The van der Waals surface area contributed by atoms with Crippen LogP contribution in [0.3, 0.4) is 0 Å². The SMILES string of the molecule is Cc1ccc(-c2cc(CNC(=O)[C@@H]3C=CCN3S(=O)(=O)c3ccc(Cl)s3)cc(NC(C)c3ccccc3)n2)cc1. The third-order valence-electron chi connectivity index (χ3n) is 6.66. The highest BCUT2D eigenvalue weighted by atomic mass is 35.5. The van der Waals surface area contributed by atoms with Gasteiger partial charge in [0.05, 0.1) is 10.0 Å². The maximum Gasteiger partial charge on any atom is 0.253 e. The molecule has 0 saturated heterocycles. The predicted molar refractivity (Wildman–Crippen MR) is 161 cm³/mol. The molecule has 0 radical (unpaired) electrons. The Hall–Kier alpha value is -3.50. The molecule has 206 valence electrons. The van der Waals surface area contributed by atoms with Gasteiger partial charge in [-0.15, -0.1) is 11.3 Å². The molecule has 5 rings (SSSR count). The maximum absolute atomic E-state index is 13.2. The van der Waals surface area contributed by atoms with Gasteiger partial charge < -0.3 is 10.6 Å². The number of hydrogen-bond acceptors (Lipinski definition) is 6. The first kappa shape index (κ1) is 28.0. The monoisotopic (exact) mass is 592 g/mol. The van der Waals surface area contributed by atoms with Crippen LogP contribution < -0.4 is 10.6 Å². The van der Waals surface area contributed by atoms with Crippen LogP contribution in [0.25, 0.3) is 11.3 Å². The van der Waals surface area contributed by atoms with Gasteiger partial charge in [0.15, 0.2) is 0 Å². The molecule has 1 aliphatic heterocycles. The van der Waals surface area contributed by atoms with E-state index < -0.39 is 22.0 Å². The number of carbonyl (C=O) groups is 1. The van der Waals surface area contributed by atoms with Crippen molar-refractivity contribution in [3.63, 3.8) is 0 Å². The van der Waals surface area contributed by atoms with E-state index >= 15 is 0 Å². The molecule has 2 aromatic heterocycles. The summed E-state index contributed by atoms with van der Waals surface area (Å²) in [5, 5.41) is 6.40. The summed E-state index contributed by atoms with van der Waals surface area (Å²) in [5.74, 6) is 0.277. The third kappa shape index (κ3) is 6.28. The lowest BCUT2D eigenvalue weighted by molar-refractivity contribution is -0.123. The molecule has 2 aromatic carbocycles. The Kier molecular flexibility index (Phi) is 8.37.